The van der Waals surface area contributed by atoms with E-state index in [0.717, 1.165) is 51.9 Å². The molecule has 0 saturated heterocycles. The lowest BCUT2D eigenvalue weighted by molar-refractivity contribution is -0.156. The fourth-order valence-electron chi connectivity index (χ4n) is 4.57. The Hall–Kier alpha value is -3.20. The van der Waals surface area contributed by atoms with Crippen LogP contribution in [-0.2, 0) is 22.4 Å². The first-order valence-corrected chi connectivity index (χ1v) is 11.6. The van der Waals surface area contributed by atoms with Gasteiger partial charge in [0, 0.05) is 16.3 Å². The molecule has 1 aliphatic rings. The third-order valence-corrected chi connectivity index (χ3v) is 7.56. The highest BCUT2D eigenvalue weighted by Gasteiger charge is 2.42. The average molecular weight is 452 g/mol. The van der Waals surface area contributed by atoms with Crippen molar-refractivity contribution >= 4 is 49.9 Å². The minimum atomic E-state index is -0.458. The summed E-state index contributed by atoms with van der Waals surface area (Å²) in [6, 6.07) is 3.91. The van der Waals surface area contributed by atoms with Crippen LogP contribution < -0.4 is 10.1 Å². The van der Waals surface area contributed by atoms with Crippen LogP contribution in [0.1, 0.15) is 37.1 Å². The van der Waals surface area contributed by atoms with E-state index in [4.69, 9.17) is 9.47 Å². The standard InChI is InChI=1S/C23H25N5O3S/c1-4-23(22(29)31-5-2)7-6-14-18(10-23)32-21-19(14)20(24-12-25-21)27-16-8-13-11-26-28-15(13)9-17(16)30-3/h8-9,11-12H,4-7,10H2,1-3H3,(H,26,28)(H,24,25,27). The van der Waals surface area contributed by atoms with Crippen molar-refractivity contribution in [3.63, 3.8) is 0 Å². The number of thiophene rings is 1. The zero-order valence-electron chi connectivity index (χ0n) is 18.3. The van der Waals surface area contributed by atoms with Gasteiger partial charge < -0.3 is 14.8 Å². The number of anilines is 2. The first kappa shape index (κ1) is 20.7. The lowest BCUT2D eigenvalue weighted by Gasteiger charge is -2.33. The maximum Gasteiger partial charge on any atom is 0.312 e. The summed E-state index contributed by atoms with van der Waals surface area (Å²) in [5.41, 5.74) is 2.49. The number of esters is 1. The van der Waals surface area contributed by atoms with Gasteiger partial charge in [0.15, 0.2) is 0 Å². The van der Waals surface area contributed by atoms with E-state index in [0.29, 0.717) is 18.8 Å². The first-order chi connectivity index (χ1) is 15.6. The molecule has 5 rings (SSSR count). The maximum atomic E-state index is 12.8. The molecule has 0 amide bonds. The smallest absolute Gasteiger partial charge is 0.312 e. The van der Waals surface area contributed by atoms with E-state index < -0.39 is 5.41 Å². The molecule has 9 heteroatoms. The lowest BCUT2D eigenvalue weighted by Crippen LogP contribution is -2.37. The highest BCUT2D eigenvalue weighted by molar-refractivity contribution is 7.19. The van der Waals surface area contributed by atoms with Crippen LogP contribution in [0, 0.1) is 5.41 Å². The van der Waals surface area contributed by atoms with Crippen LogP contribution in [0.3, 0.4) is 0 Å². The minimum absolute atomic E-state index is 0.0896. The van der Waals surface area contributed by atoms with Crippen LogP contribution in [-0.4, -0.2) is 39.9 Å². The second-order valence-corrected chi connectivity index (χ2v) is 9.16. The van der Waals surface area contributed by atoms with Crippen LogP contribution in [0.5, 0.6) is 5.75 Å². The van der Waals surface area contributed by atoms with E-state index in [1.54, 1.807) is 31.0 Å². The summed E-state index contributed by atoms with van der Waals surface area (Å²) in [6.45, 7) is 4.33. The Morgan fingerprint density at radius 2 is 2.19 bits per heavy atom. The molecule has 0 aliphatic heterocycles. The molecule has 0 bridgehead atoms. The van der Waals surface area contributed by atoms with Crippen LogP contribution in [0.4, 0.5) is 11.5 Å². The topological polar surface area (TPSA) is 102 Å². The minimum Gasteiger partial charge on any atom is -0.494 e. The number of aryl methyl sites for hydroxylation is 1. The van der Waals surface area contributed by atoms with Crippen molar-refractivity contribution in [3.05, 3.63) is 35.1 Å². The Balaban J connectivity index is 1.56. The lowest BCUT2D eigenvalue weighted by atomic mass is 9.72. The van der Waals surface area contributed by atoms with Gasteiger partial charge in [-0.2, -0.15) is 5.10 Å². The number of hydrogen-bond donors (Lipinski definition) is 2. The fourth-order valence-corrected chi connectivity index (χ4v) is 5.90. The van der Waals surface area contributed by atoms with Gasteiger partial charge in [0.2, 0.25) is 0 Å². The highest BCUT2D eigenvalue weighted by atomic mass is 32.1. The van der Waals surface area contributed by atoms with Gasteiger partial charge in [-0.25, -0.2) is 9.97 Å². The van der Waals surface area contributed by atoms with E-state index in [1.165, 1.54) is 10.4 Å². The van der Waals surface area contributed by atoms with Crippen LogP contribution in [0.2, 0.25) is 0 Å². The SMILES string of the molecule is CCOC(=O)C1(CC)CCc2c(sc3ncnc(Nc4cc5cn[nH]c5cc4OC)c23)C1. The molecule has 1 atom stereocenters. The predicted octanol–water partition coefficient (Wildman–Crippen LogP) is 4.77. The summed E-state index contributed by atoms with van der Waals surface area (Å²) in [6.07, 6.45) is 6.36. The third kappa shape index (κ3) is 3.28. The van der Waals surface area contributed by atoms with Gasteiger partial charge in [0.05, 0.1) is 41.9 Å². The number of fused-ring (bicyclic) bond motifs is 4. The van der Waals surface area contributed by atoms with Gasteiger partial charge in [0.25, 0.3) is 0 Å². The van der Waals surface area contributed by atoms with Crippen molar-refractivity contribution in [3.8, 4) is 5.75 Å². The van der Waals surface area contributed by atoms with E-state index >= 15 is 0 Å². The van der Waals surface area contributed by atoms with Crippen molar-refractivity contribution < 1.29 is 14.3 Å². The fraction of sp³-hybridized carbons (Fsp3) is 0.391. The van der Waals surface area contributed by atoms with Gasteiger partial charge in [-0.3, -0.25) is 9.89 Å². The Kier molecular flexibility index (Phi) is 5.21. The number of H-pyrrole nitrogens is 1. The molecule has 0 radical (unpaired) electrons. The van der Waals surface area contributed by atoms with Gasteiger partial charge in [0.1, 0.15) is 22.7 Å². The van der Waals surface area contributed by atoms with Crippen molar-refractivity contribution in [2.24, 2.45) is 5.41 Å². The molecular weight excluding hydrogens is 426 g/mol. The van der Waals surface area contributed by atoms with Gasteiger partial charge in [-0.1, -0.05) is 6.92 Å². The number of aromatic amines is 1. The van der Waals surface area contributed by atoms with E-state index in [2.05, 4.69) is 32.4 Å². The molecule has 0 saturated carbocycles. The summed E-state index contributed by atoms with van der Waals surface area (Å²) in [4.78, 5) is 24.0. The molecule has 1 aromatic carbocycles. The number of nitrogens with zero attached hydrogens (tertiary/aromatic N) is 3. The number of benzene rings is 1. The molecule has 32 heavy (non-hydrogen) atoms. The molecule has 0 fully saturated rings. The van der Waals surface area contributed by atoms with E-state index in [9.17, 15) is 4.79 Å². The number of nitrogens with one attached hydrogen (secondary N) is 2. The number of rotatable bonds is 6. The van der Waals surface area contributed by atoms with Gasteiger partial charge >= 0.3 is 5.97 Å². The quantitative estimate of drug-likeness (QED) is 0.407. The van der Waals surface area contributed by atoms with Crippen LogP contribution in [0.25, 0.3) is 21.1 Å². The molecule has 8 nitrogen and oxygen atoms in total. The van der Waals surface area contributed by atoms with Gasteiger partial charge in [-0.05, 0) is 44.2 Å². The number of carbonyl (C=O) groups excluding carboxylic acids is 1. The Morgan fingerprint density at radius 3 is 2.97 bits per heavy atom. The molecule has 3 aromatic heterocycles. The van der Waals surface area contributed by atoms with Crippen LogP contribution >= 0.6 is 11.3 Å². The summed E-state index contributed by atoms with van der Waals surface area (Å²) in [7, 11) is 1.64. The monoisotopic (exact) mass is 451 g/mol. The van der Waals surface area contributed by atoms with E-state index in [-0.39, 0.29) is 5.97 Å². The molecule has 1 aliphatic carbocycles. The average Bonchev–Trinajstić information content (AvgIpc) is 3.41. The third-order valence-electron chi connectivity index (χ3n) is 6.42. The van der Waals surface area contributed by atoms with Crippen molar-refractivity contribution in [2.45, 2.75) is 39.5 Å². The number of carbonyl (C=O) groups is 1. The largest absolute Gasteiger partial charge is 0.494 e. The van der Waals surface area contributed by atoms with Crippen molar-refractivity contribution in [1.29, 1.82) is 0 Å². The number of hydrogen-bond acceptors (Lipinski definition) is 8. The normalized spacial score (nSPS) is 18.0. The highest BCUT2D eigenvalue weighted by Crippen LogP contribution is 2.47. The molecule has 166 valence electrons. The molecule has 1 unspecified atom stereocenters. The molecule has 3 heterocycles. The number of aromatic nitrogens is 4. The molecular formula is C23H25N5O3S. The zero-order chi connectivity index (χ0) is 22.3. The van der Waals surface area contributed by atoms with Crippen molar-refractivity contribution in [2.75, 3.05) is 19.0 Å². The molecule has 2 N–H and O–H groups in total. The summed E-state index contributed by atoms with van der Waals surface area (Å²) in [5, 5.41) is 12.5. The number of methoxy groups -OCH3 is 1. The molecule has 4 aromatic rings. The van der Waals surface area contributed by atoms with E-state index in [1.807, 2.05) is 19.1 Å². The zero-order valence-corrected chi connectivity index (χ0v) is 19.1. The maximum absolute atomic E-state index is 12.8. The first-order valence-electron chi connectivity index (χ1n) is 10.8. The van der Waals surface area contributed by atoms with Crippen molar-refractivity contribution in [1.82, 2.24) is 20.2 Å². The van der Waals surface area contributed by atoms with Crippen LogP contribution in [0.15, 0.2) is 24.7 Å². The Labute approximate surface area is 189 Å². The Morgan fingerprint density at radius 1 is 1.31 bits per heavy atom. The second kappa shape index (κ2) is 8.05. The Bertz CT molecular complexity index is 1310. The molecule has 0 spiro atoms. The summed E-state index contributed by atoms with van der Waals surface area (Å²) >= 11 is 1.65. The summed E-state index contributed by atoms with van der Waals surface area (Å²) < 4.78 is 11.0. The van der Waals surface area contributed by atoms with Gasteiger partial charge in [-0.15, -0.1) is 11.3 Å². The summed E-state index contributed by atoms with van der Waals surface area (Å²) in [5.74, 6) is 1.35. The second-order valence-electron chi connectivity index (χ2n) is 8.07. The number of ether oxygens (including phenoxy) is 2. The predicted molar refractivity (Wildman–Crippen MR) is 125 cm³/mol.